The summed E-state index contributed by atoms with van der Waals surface area (Å²) < 4.78 is 47.8. The number of H-pyrrole nitrogens is 1. The van der Waals surface area contributed by atoms with Crippen LogP contribution >= 0.6 is 0 Å². The van der Waals surface area contributed by atoms with Crippen molar-refractivity contribution in [3.05, 3.63) is 81.4 Å². The molecule has 0 fully saturated rings. The van der Waals surface area contributed by atoms with Crippen LogP contribution in [0.1, 0.15) is 33.7 Å². The van der Waals surface area contributed by atoms with Gasteiger partial charge in [0.25, 0.3) is 11.5 Å². The third-order valence-electron chi connectivity index (χ3n) is 5.71. The van der Waals surface area contributed by atoms with Crippen molar-refractivity contribution < 1.29 is 22.7 Å². The molecule has 1 amide bonds. The summed E-state index contributed by atoms with van der Waals surface area (Å²) in [6.07, 6.45) is -3.17. The van der Waals surface area contributed by atoms with E-state index >= 15 is 0 Å². The van der Waals surface area contributed by atoms with Crippen molar-refractivity contribution >= 4 is 17.2 Å². The molecule has 7 nitrogen and oxygen atoms in total. The van der Waals surface area contributed by atoms with Crippen LogP contribution in [0.5, 0.6) is 5.75 Å². The minimum atomic E-state index is -4.81. The summed E-state index contributed by atoms with van der Waals surface area (Å²) in [6.45, 7) is 1.96. The number of anilines is 1. The van der Waals surface area contributed by atoms with Crippen LogP contribution in [0.4, 0.5) is 18.9 Å². The Kier molecular flexibility index (Phi) is 5.15. The van der Waals surface area contributed by atoms with Gasteiger partial charge < -0.3 is 15.0 Å². The van der Waals surface area contributed by atoms with Crippen molar-refractivity contribution in [2.75, 3.05) is 11.9 Å². The number of rotatable bonds is 3. The molecule has 10 heteroatoms. The maximum Gasteiger partial charge on any atom is 0.435 e. The normalized spacial score (nSPS) is 13.4. The maximum absolute atomic E-state index is 13.8. The molecule has 174 valence electrons. The molecular formula is C24H19F3N4O3. The number of hydrogen-bond acceptors (Lipinski definition) is 4. The molecule has 0 atom stereocenters. The van der Waals surface area contributed by atoms with Gasteiger partial charge in [0.2, 0.25) is 0 Å². The predicted molar refractivity (Wildman–Crippen MR) is 119 cm³/mol. The number of alkyl halides is 3. The fourth-order valence-corrected chi connectivity index (χ4v) is 4.20. The zero-order chi connectivity index (χ0) is 24.0. The number of nitrogens with zero attached hydrogens (tertiary/aromatic N) is 2. The Morgan fingerprint density at radius 3 is 2.65 bits per heavy atom. The molecule has 2 N–H and O–H groups in total. The number of aromatic nitrogens is 3. The fourth-order valence-electron chi connectivity index (χ4n) is 4.20. The number of carbonyl (C=O) groups excluding carboxylic acids is 1. The lowest BCUT2D eigenvalue weighted by molar-refractivity contribution is -0.140. The summed E-state index contributed by atoms with van der Waals surface area (Å²) >= 11 is 0. The minimum absolute atomic E-state index is 0.117. The van der Waals surface area contributed by atoms with Gasteiger partial charge >= 0.3 is 6.18 Å². The van der Waals surface area contributed by atoms with Gasteiger partial charge in [0.15, 0.2) is 5.69 Å². The highest BCUT2D eigenvalue weighted by atomic mass is 19.4. The molecule has 0 saturated heterocycles. The van der Waals surface area contributed by atoms with E-state index in [1.807, 2.05) is 6.07 Å². The molecule has 0 radical (unpaired) electrons. The molecule has 1 aliphatic rings. The van der Waals surface area contributed by atoms with Gasteiger partial charge in [0, 0.05) is 5.69 Å². The van der Waals surface area contributed by atoms with Gasteiger partial charge in [0.1, 0.15) is 17.0 Å². The first-order valence-electron chi connectivity index (χ1n) is 10.6. The second-order valence-electron chi connectivity index (χ2n) is 7.98. The molecule has 0 saturated carbocycles. The Hall–Kier alpha value is -4.08. The Bertz CT molecular complexity index is 1470. The zero-order valence-corrected chi connectivity index (χ0v) is 18.0. The van der Waals surface area contributed by atoms with E-state index in [2.05, 4.69) is 15.4 Å². The van der Waals surface area contributed by atoms with Crippen LogP contribution in [0.15, 0.2) is 53.3 Å². The lowest BCUT2D eigenvalue weighted by Crippen LogP contribution is -2.29. The highest BCUT2D eigenvalue weighted by molar-refractivity contribution is 6.06. The first-order chi connectivity index (χ1) is 16.3. The van der Waals surface area contributed by atoms with E-state index < -0.39 is 23.3 Å². The summed E-state index contributed by atoms with van der Waals surface area (Å²) in [5, 5.41) is 6.23. The van der Waals surface area contributed by atoms with Gasteiger partial charge in [-0.1, -0.05) is 42.5 Å². The molecular weight excluding hydrogens is 449 g/mol. The quantitative estimate of drug-likeness (QED) is 0.460. The van der Waals surface area contributed by atoms with E-state index in [9.17, 15) is 22.8 Å². The largest absolute Gasteiger partial charge is 0.491 e. The van der Waals surface area contributed by atoms with Crippen LogP contribution in [-0.4, -0.2) is 27.1 Å². The summed E-state index contributed by atoms with van der Waals surface area (Å²) in [4.78, 5) is 29.1. The molecule has 34 heavy (non-hydrogen) atoms. The highest BCUT2D eigenvalue weighted by Gasteiger charge is 2.39. The SMILES string of the molecule is Cc1[nH]c2c(-c3ccccc3)c(C(F)(F)F)nn2c(=O)c1C(=O)Nc1cccc2c1OCCC2. The van der Waals surface area contributed by atoms with E-state index in [4.69, 9.17) is 4.74 Å². The molecule has 2 aromatic carbocycles. The Morgan fingerprint density at radius 2 is 1.91 bits per heavy atom. The van der Waals surface area contributed by atoms with Gasteiger partial charge in [-0.2, -0.15) is 22.8 Å². The number of amides is 1. The van der Waals surface area contributed by atoms with Crippen molar-refractivity contribution in [2.45, 2.75) is 25.9 Å². The third-order valence-corrected chi connectivity index (χ3v) is 5.71. The standard InChI is InChI=1S/C24H19F3N4O3/c1-13-17(22(32)29-16-11-5-9-15-10-6-12-34-19(15)16)23(33)31-21(28-13)18(14-7-3-2-4-8-14)20(30-31)24(25,26)27/h2-5,7-9,11,28H,6,10,12H2,1H3,(H,29,32). The molecule has 0 unspecified atom stereocenters. The number of para-hydroxylation sites is 1. The maximum atomic E-state index is 13.8. The minimum Gasteiger partial charge on any atom is -0.491 e. The van der Waals surface area contributed by atoms with Crippen molar-refractivity contribution in [2.24, 2.45) is 0 Å². The lowest BCUT2D eigenvalue weighted by atomic mass is 10.0. The van der Waals surface area contributed by atoms with Gasteiger partial charge in [-0.25, -0.2) is 0 Å². The van der Waals surface area contributed by atoms with Crippen LogP contribution in [0.3, 0.4) is 0 Å². The van der Waals surface area contributed by atoms with E-state index in [-0.39, 0.29) is 28.0 Å². The molecule has 0 bridgehead atoms. The molecule has 0 aliphatic carbocycles. The van der Waals surface area contributed by atoms with Crippen LogP contribution < -0.4 is 15.6 Å². The van der Waals surface area contributed by atoms with Crippen molar-refractivity contribution in [3.8, 4) is 16.9 Å². The molecule has 0 spiro atoms. The highest BCUT2D eigenvalue weighted by Crippen LogP contribution is 2.38. The number of aryl methyl sites for hydroxylation is 2. The van der Waals surface area contributed by atoms with Crippen molar-refractivity contribution in [1.29, 1.82) is 0 Å². The average Bonchev–Trinajstić information content (AvgIpc) is 3.20. The molecule has 5 rings (SSSR count). The second-order valence-corrected chi connectivity index (χ2v) is 7.98. The van der Waals surface area contributed by atoms with E-state index in [1.54, 1.807) is 30.3 Å². The number of benzene rings is 2. The van der Waals surface area contributed by atoms with E-state index in [1.165, 1.54) is 19.1 Å². The Labute approximate surface area is 191 Å². The number of ether oxygens (including phenoxy) is 1. The summed E-state index contributed by atoms with van der Waals surface area (Å²) in [7, 11) is 0. The van der Waals surface area contributed by atoms with Gasteiger partial charge in [-0.05, 0) is 37.0 Å². The first kappa shape index (κ1) is 21.7. The van der Waals surface area contributed by atoms with E-state index in [0.717, 1.165) is 18.4 Å². The van der Waals surface area contributed by atoms with Crippen molar-refractivity contribution in [1.82, 2.24) is 14.6 Å². The second kappa shape index (κ2) is 8.05. The van der Waals surface area contributed by atoms with E-state index in [0.29, 0.717) is 22.6 Å². The van der Waals surface area contributed by atoms with Gasteiger partial charge in [-0.3, -0.25) is 9.59 Å². The van der Waals surface area contributed by atoms with Crippen LogP contribution in [-0.2, 0) is 12.6 Å². The third kappa shape index (κ3) is 3.60. The van der Waals surface area contributed by atoms with Crippen LogP contribution in [0, 0.1) is 6.92 Å². The number of hydrogen-bond donors (Lipinski definition) is 2. The fraction of sp³-hybridized carbons (Fsp3) is 0.208. The van der Waals surface area contributed by atoms with Crippen LogP contribution in [0.25, 0.3) is 16.8 Å². The topological polar surface area (TPSA) is 88.5 Å². The first-order valence-corrected chi connectivity index (χ1v) is 10.6. The van der Waals surface area contributed by atoms with Crippen LogP contribution in [0.2, 0.25) is 0 Å². The monoisotopic (exact) mass is 468 g/mol. The smallest absolute Gasteiger partial charge is 0.435 e. The Balaban J connectivity index is 1.64. The summed E-state index contributed by atoms with van der Waals surface area (Å²) in [5.74, 6) is -0.240. The number of fused-ring (bicyclic) bond motifs is 2. The number of carbonyl (C=O) groups is 1. The van der Waals surface area contributed by atoms with Gasteiger partial charge in [0.05, 0.1) is 17.9 Å². The van der Waals surface area contributed by atoms with Crippen molar-refractivity contribution in [3.63, 3.8) is 0 Å². The molecule has 2 aromatic heterocycles. The molecule has 1 aliphatic heterocycles. The average molecular weight is 468 g/mol. The predicted octanol–water partition coefficient (Wildman–Crippen LogP) is 4.59. The Morgan fingerprint density at radius 1 is 1.15 bits per heavy atom. The summed E-state index contributed by atoms with van der Waals surface area (Å²) in [5.41, 5.74) is -1.23. The number of aromatic amines is 1. The number of nitrogens with one attached hydrogen (secondary N) is 2. The summed E-state index contributed by atoms with van der Waals surface area (Å²) in [6, 6.07) is 13.2. The zero-order valence-electron chi connectivity index (χ0n) is 18.0. The van der Waals surface area contributed by atoms with Gasteiger partial charge in [-0.15, -0.1) is 0 Å². The molecule has 4 aromatic rings. The lowest BCUT2D eigenvalue weighted by Gasteiger charge is -2.20. The number of halogens is 3. The molecule has 3 heterocycles.